The molecule has 2 atom stereocenters. The number of rotatable bonds is 7. The van der Waals surface area contributed by atoms with Crippen LogP contribution in [0.5, 0.6) is 0 Å². The number of aliphatic carboxylic acids is 1. The molecular weight excluding hydrogens is 252 g/mol. The molecule has 1 fully saturated rings. The van der Waals surface area contributed by atoms with Gasteiger partial charge in [-0.25, -0.2) is 4.79 Å². The molecule has 3 N–H and O–H groups in total. The van der Waals surface area contributed by atoms with Crippen molar-refractivity contribution in [1.29, 1.82) is 0 Å². The summed E-state index contributed by atoms with van der Waals surface area (Å²) >= 11 is 0. The molecule has 1 heterocycles. The quantitative estimate of drug-likeness (QED) is 0.616. The van der Waals surface area contributed by atoms with Crippen LogP contribution in [0.15, 0.2) is 0 Å². The van der Waals surface area contributed by atoms with Gasteiger partial charge in [-0.3, -0.25) is 4.79 Å². The summed E-state index contributed by atoms with van der Waals surface area (Å²) < 4.78 is 10.6. The number of carbonyl (C=O) groups excluding carboxylic acids is 1. The Hall–Kier alpha value is -1.34. The first-order chi connectivity index (χ1) is 9.08. The van der Waals surface area contributed by atoms with E-state index in [0.29, 0.717) is 39.3 Å². The SMILES string of the molecule is CC(CCC(=O)O)CNC(=O)NCC1COCCO1. The molecule has 0 bridgehead atoms. The first kappa shape index (κ1) is 15.7. The van der Waals surface area contributed by atoms with Gasteiger partial charge in [-0.05, 0) is 12.3 Å². The van der Waals surface area contributed by atoms with Crippen LogP contribution in [0.4, 0.5) is 4.79 Å². The van der Waals surface area contributed by atoms with Gasteiger partial charge in [0.05, 0.1) is 25.9 Å². The van der Waals surface area contributed by atoms with Crippen molar-refractivity contribution in [3.63, 3.8) is 0 Å². The fraction of sp³-hybridized carbons (Fsp3) is 0.833. The zero-order chi connectivity index (χ0) is 14.1. The molecule has 19 heavy (non-hydrogen) atoms. The first-order valence-electron chi connectivity index (χ1n) is 6.50. The molecule has 0 spiro atoms. The van der Waals surface area contributed by atoms with Gasteiger partial charge in [0.15, 0.2) is 0 Å². The van der Waals surface area contributed by atoms with Gasteiger partial charge >= 0.3 is 12.0 Å². The summed E-state index contributed by atoms with van der Waals surface area (Å²) in [5.41, 5.74) is 0. The molecule has 0 aliphatic carbocycles. The summed E-state index contributed by atoms with van der Waals surface area (Å²) in [6.45, 7) is 4.43. The Morgan fingerprint density at radius 2 is 2.16 bits per heavy atom. The van der Waals surface area contributed by atoms with Crippen LogP contribution in [0.2, 0.25) is 0 Å². The molecule has 1 saturated heterocycles. The van der Waals surface area contributed by atoms with Crippen LogP contribution in [0.3, 0.4) is 0 Å². The van der Waals surface area contributed by atoms with E-state index in [2.05, 4.69) is 10.6 Å². The molecular formula is C12H22N2O5. The van der Waals surface area contributed by atoms with Crippen LogP contribution in [0.25, 0.3) is 0 Å². The Labute approximate surface area is 112 Å². The third-order valence-electron chi connectivity index (χ3n) is 2.84. The van der Waals surface area contributed by atoms with E-state index in [-0.39, 0.29) is 24.5 Å². The summed E-state index contributed by atoms with van der Waals surface area (Å²) in [6, 6.07) is -0.267. The predicted molar refractivity (Wildman–Crippen MR) is 68.0 cm³/mol. The molecule has 2 amide bonds. The number of nitrogens with one attached hydrogen (secondary N) is 2. The highest BCUT2D eigenvalue weighted by Crippen LogP contribution is 2.03. The summed E-state index contributed by atoms with van der Waals surface area (Å²) in [5.74, 6) is -0.679. The molecule has 2 unspecified atom stereocenters. The van der Waals surface area contributed by atoms with Crippen molar-refractivity contribution in [2.24, 2.45) is 5.92 Å². The number of carbonyl (C=O) groups is 2. The molecule has 7 nitrogen and oxygen atoms in total. The molecule has 1 aliphatic heterocycles. The average molecular weight is 274 g/mol. The van der Waals surface area contributed by atoms with Crippen molar-refractivity contribution in [3.05, 3.63) is 0 Å². The van der Waals surface area contributed by atoms with Crippen molar-refractivity contribution >= 4 is 12.0 Å². The third kappa shape index (κ3) is 7.63. The van der Waals surface area contributed by atoms with Gasteiger partial charge in [0.2, 0.25) is 0 Å². The van der Waals surface area contributed by atoms with Gasteiger partial charge < -0.3 is 25.2 Å². The minimum absolute atomic E-state index is 0.0936. The number of hydrogen-bond donors (Lipinski definition) is 3. The Balaban J connectivity index is 2.05. The zero-order valence-electron chi connectivity index (χ0n) is 11.2. The number of urea groups is 1. The highest BCUT2D eigenvalue weighted by molar-refractivity contribution is 5.73. The van der Waals surface area contributed by atoms with Gasteiger partial charge in [0, 0.05) is 19.5 Å². The molecule has 0 radical (unpaired) electrons. The minimum atomic E-state index is -0.814. The van der Waals surface area contributed by atoms with Crippen LogP contribution in [0.1, 0.15) is 19.8 Å². The van der Waals surface area contributed by atoms with E-state index in [9.17, 15) is 9.59 Å². The van der Waals surface area contributed by atoms with Crippen molar-refractivity contribution in [3.8, 4) is 0 Å². The number of carboxylic acid groups (broad SMARTS) is 1. The Morgan fingerprint density at radius 3 is 2.79 bits per heavy atom. The van der Waals surface area contributed by atoms with Gasteiger partial charge in [-0.2, -0.15) is 0 Å². The predicted octanol–water partition coefficient (Wildman–Crippen LogP) is 0.202. The second-order valence-corrected chi connectivity index (χ2v) is 4.70. The van der Waals surface area contributed by atoms with Crippen molar-refractivity contribution < 1.29 is 24.2 Å². The molecule has 1 rings (SSSR count). The Morgan fingerprint density at radius 1 is 1.37 bits per heavy atom. The highest BCUT2D eigenvalue weighted by Gasteiger charge is 2.15. The standard InChI is InChI=1S/C12H22N2O5/c1-9(2-3-11(15)16)6-13-12(17)14-7-10-8-18-4-5-19-10/h9-10H,2-8H2,1H3,(H,15,16)(H2,13,14,17). The summed E-state index contributed by atoms with van der Waals surface area (Å²) in [5, 5.41) is 14.0. The lowest BCUT2D eigenvalue weighted by Gasteiger charge is -2.23. The van der Waals surface area contributed by atoms with E-state index in [4.69, 9.17) is 14.6 Å². The van der Waals surface area contributed by atoms with Crippen molar-refractivity contribution in [1.82, 2.24) is 10.6 Å². The van der Waals surface area contributed by atoms with Crippen LogP contribution >= 0.6 is 0 Å². The molecule has 0 aromatic rings. The van der Waals surface area contributed by atoms with E-state index in [1.807, 2.05) is 6.92 Å². The van der Waals surface area contributed by atoms with Crippen LogP contribution in [0, 0.1) is 5.92 Å². The maximum atomic E-state index is 11.5. The Kier molecular flexibility index (Phi) is 7.20. The maximum absolute atomic E-state index is 11.5. The Bertz CT molecular complexity index is 292. The van der Waals surface area contributed by atoms with E-state index in [0.717, 1.165) is 0 Å². The molecule has 0 aromatic carbocycles. The number of amides is 2. The summed E-state index contributed by atoms with van der Waals surface area (Å²) in [6.07, 6.45) is 0.580. The van der Waals surface area contributed by atoms with E-state index < -0.39 is 5.97 Å². The number of hydrogen-bond acceptors (Lipinski definition) is 4. The van der Waals surface area contributed by atoms with Crippen molar-refractivity contribution in [2.75, 3.05) is 32.9 Å². The maximum Gasteiger partial charge on any atom is 0.314 e. The zero-order valence-corrected chi connectivity index (χ0v) is 11.2. The largest absolute Gasteiger partial charge is 0.481 e. The fourth-order valence-electron chi connectivity index (χ4n) is 1.66. The molecule has 0 saturated carbocycles. The summed E-state index contributed by atoms with van der Waals surface area (Å²) in [4.78, 5) is 21.9. The van der Waals surface area contributed by atoms with Crippen molar-refractivity contribution in [2.45, 2.75) is 25.9 Å². The lowest BCUT2D eigenvalue weighted by atomic mass is 10.1. The van der Waals surface area contributed by atoms with Crippen LogP contribution in [-0.2, 0) is 14.3 Å². The molecule has 110 valence electrons. The van der Waals surface area contributed by atoms with Crippen LogP contribution in [-0.4, -0.2) is 56.1 Å². The second-order valence-electron chi connectivity index (χ2n) is 4.70. The van der Waals surface area contributed by atoms with Crippen LogP contribution < -0.4 is 10.6 Å². The lowest BCUT2D eigenvalue weighted by molar-refractivity contribution is -0.137. The smallest absolute Gasteiger partial charge is 0.314 e. The third-order valence-corrected chi connectivity index (χ3v) is 2.84. The number of carboxylic acids is 1. The summed E-state index contributed by atoms with van der Waals surface area (Å²) in [7, 11) is 0. The fourth-order valence-corrected chi connectivity index (χ4v) is 1.66. The van der Waals surface area contributed by atoms with E-state index in [1.54, 1.807) is 0 Å². The second kappa shape index (κ2) is 8.71. The van der Waals surface area contributed by atoms with Gasteiger partial charge in [0.25, 0.3) is 0 Å². The lowest BCUT2D eigenvalue weighted by Crippen LogP contribution is -2.44. The monoisotopic (exact) mass is 274 g/mol. The average Bonchev–Trinajstić information content (AvgIpc) is 2.41. The van der Waals surface area contributed by atoms with Gasteiger partial charge in [-0.15, -0.1) is 0 Å². The minimum Gasteiger partial charge on any atom is -0.481 e. The van der Waals surface area contributed by atoms with Gasteiger partial charge in [0.1, 0.15) is 0 Å². The van der Waals surface area contributed by atoms with E-state index >= 15 is 0 Å². The highest BCUT2D eigenvalue weighted by atomic mass is 16.6. The topological polar surface area (TPSA) is 96.9 Å². The molecule has 1 aliphatic rings. The molecule has 7 heteroatoms. The van der Waals surface area contributed by atoms with E-state index in [1.165, 1.54) is 0 Å². The normalized spacial score (nSPS) is 20.6. The van der Waals surface area contributed by atoms with Gasteiger partial charge in [-0.1, -0.05) is 6.92 Å². The number of ether oxygens (including phenoxy) is 2. The molecule has 0 aromatic heterocycles. The first-order valence-corrected chi connectivity index (χ1v) is 6.50.